The monoisotopic (exact) mass is 232 g/mol. The predicted octanol–water partition coefficient (Wildman–Crippen LogP) is -4.07. The molecular formula is AsNbO4. The van der Waals surface area contributed by atoms with E-state index in [2.05, 4.69) is 0 Å². The van der Waals surface area contributed by atoms with Gasteiger partial charge in [0, 0.05) is 0 Å². The van der Waals surface area contributed by atoms with Crippen LogP contribution in [-0.4, -0.2) is 14.5 Å². The van der Waals surface area contributed by atoms with E-state index >= 15 is 0 Å². The first-order valence-corrected chi connectivity index (χ1v) is 3.79. The van der Waals surface area contributed by atoms with Crippen LogP contribution in [0.3, 0.4) is 0 Å². The maximum absolute atomic E-state index is 8.61. The van der Waals surface area contributed by atoms with E-state index < -0.39 is 14.5 Å². The van der Waals surface area contributed by atoms with Crippen molar-refractivity contribution >= 4 is 14.5 Å². The fourth-order valence-electron chi connectivity index (χ4n) is 0. The summed E-state index contributed by atoms with van der Waals surface area (Å²) >= 11 is -5.88. The van der Waals surface area contributed by atoms with Crippen LogP contribution in [-0.2, 0) is 26.1 Å². The van der Waals surface area contributed by atoms with Gasteiger partial charge in [0.05, 0.1) is 0 Å². The van der Waals surface area contributed by atoms with Gasteiger partial charge in [-0.1, -0.05) is 0 Å². The molecule has 0 unspecified atom stereocenters. The van der Waals surface area contributed by atoms with Crippen LogP contribution in [0.25, 0.3) is 0 Å². The van der Waals surface area contributed by atoms with E-state index in [0.29, 0.717) is 0 Å². The van der Waals surface area contributed by atoms with Gasteiger partial charge in [-0.25, -0.2) is 0 Å². The van der Waals surface area contributed by atoms with Crippen LogP contribution in [0, 0.1) is 0 Å². The Kier molecular flexibility index (Phi) is 5.10. The molecule has 0 saturated heterocycles. The van der Waals surface area contributed by atoms with Crippen LogP contribution in [0.1, 0.15) is 0 Å². The molecule has 0 aliphatic carbocycles. The van der Waals surface area contributed by atoms with Crippen LogP contribution in [0.2, 0.25) is 0 Å². The van der Waals surface area contributed by atoms with Crippen molar-refractivity contribution in [3.8, 4) is 0 Å². The molecule has 34 valence electrons. The van der Waals surface area contributed by atoms with Gasteiger partial charge in [0.25, 0.3) is 0 Å². The second kappa shape index (κ2) is 3.04. The largest absolute Gasteiger partial charge is 3.00 e. The first kappa shape index (κ1) is 10.1. The van der Waals surface area contributed by atoms with Gasteiger partial charge < -0.3 is 0 Å². The van der Waals surface area contributed by atoms with Crippen molar-refractivity contribution in [1.29, 1.82) is 0 Å². The van der Waals surface area contributed by atoms with Crippen molar-refractivity contribution in [3.05, 3.63) is 0 Å². The zero-order valence-corrected chi connectivity index (χ0v) is 6.60. The summed E-state index contributed by atoms with van der Waals surface area (Å²) in [4.78, 5) is 0. The molecule has 0 saturated carbocycles. The summed E-state index contributed by atoms with van der Waals surface area (Å²) in [5.74, 6) is 0. The summed E-state index contributed by atoms with van der Waals surface area (Å²) in [6, 6.07) is 0. The molecule has 0 spiro atoms. The van der Waals surface area contributed by atoms with Crippen LogP contribution >= 0.6 is 0 Å². The van der Waals surface area contributed by atoms with Gasteiger partial charge >= 0.3 is 52.9 Å². The zero-order valence-electron chi connectivity index (χ0n) is 2.53. The van der Waals surface area contributed by atoms with E-state index in [9.17, 15) is 0 Å². The first-order chi connectivity index (χ1) is 2.00. The third-order valence-corrected chi connectivity index (χ3v) is 0. The standard InChI is InChI=1S/AsH3O4.Nb/c2-1(3,4)5;/h(H3,2,3,4,5);/q;+3/p-3. The minimum Gasteiger partial charge on any atom is 3.00 e. The summed E-state index contributed by atoms with van der Waals surface area (Å²) < 4.78 is 34.4. The van der Waals surface area contributed by atoms with Crippen LogP contribution in [0.15, 0.2) is 0 Å². The van der Waals surface area contributed by atoms with Crippen LogP contribution in [0.4, 0.5) is 0 Å². The van der Waals surface area contributed by atoms with Crippen molar-refractivity contribution in [1.82, 2.24) is 0 Å². The minimum absolute atomic E-state index is 0. The minimum atomic E-state index is -5.88. The van der Waals surface area contributed by atoms with Gasteiger partial charge in [-0.15, -0.1) is 0 Å². The zero-order chi connectivity index (χ0) is 4.50. The summed E-state index contributed by atoms with van der Waals surface area (Å²) in [6.45, 7) is 0. The molecule has 0 rings (SSSR count). The van der Waals surface area contributed by atoms with E-state index in [1.54, 1.807) is 0 Å². The Bertz CT molecular complexity index is 53.7. The Balaban J connectivity index is 0. The smallest absolute Gasteiger partial charge is 3.00 e. The average molecular weight is 232 g/mol. The Morgan fingerprint density at radius 2 is 1.17 bits per heavy atom. The van der Waals surface area contributed by atoms with Gasteiger partial charge in [-0.3, -0.25) is 0 Å². The van der Waals surface area contributed by atoms with Crippen molar-refractivity contribution in [2.45, 2.75) is 0 Å². The summed E-state index contributed by atoms with van der Waals surface area (Å²) in [5.41, 5.74) is 0. The Morgan fingerprint density at radius 3 is 1.17 bits per heavy atom. The molecule has 0 aromatic carbocycles. The maximum atomic E-state index is 8.61. The topological polar surface area (TPSA) is 86.2 Å². The SMILES string of the molecule is O=[As]([O-])([O-])[O-].[Nb+3]. The normalized spacial score (nSPS) is 9.83. The summed E-state index contributed by atoms with van der Waals surface area (Å²) in [6.07, 6.45) is 0. The molecule has 0 heterocycles. The second-order valence-corrected chi connectivity index (χ2v) is 2.32. The van der Waals surface area contributed by atoms with Gasteiger partial charge in [-0.05, 0) is 0 Å². The second-order valence-electron chi connectivity index (χ2n) is 0.447. The van der Waals surface area contributed by atoms with Gasteiger partial charge in [0.15, 0.2) is 0 Å². The number of hydrogen-bond donors (Lipinski definition) is 0. The average Bonchev–Trinajstić information content (AvgIpc) is 0.722. The van der Waals surface area contributed by atoms with Crippen LogP contribution in [0.5, 0.6) is 0 Å². The van der Waals surface area contributed by atoms with E-state index in [0.717, 1.165) is 0 Å². The van der Waals surface area contributed by atoms with Gasteiger partial charge in [0.2, 0.25) is 0 Å². The first-order valence-electron chi connectivity index (χ1n) is 0.730. The molecular weight excluding hydrogens is 232 g/mol. The fourth-order valence-corrected chi connectivity index (χ4v) is 0. The van der Waals surface area contributed by atoms with Crippen molar-refractivity contribution in [3.63, 3.8) is 0 Å². The number of rotatable bonds is 0. The molecule has 6 heteroatoms. The number of hydrogen-bond acceptors (Lipinski definition) is 4. The molecule has 0 aromatic rings. The fraction of sp³-hybridized carbons (Fsp3) is 0. The molecule has 0 bridgehead atoms. The summed E-state index contributed by atoms with van der Waals surface area (Å²) in [5, 5.41) is 0. The van der Waals surface area contributed by atoms with Gasteiger partial charge in [-0.2, -0.15) is 0 Å². The molecule has 0 amide bonds. The third-order valence-electron chi connectivity index (χ3n) is 0. The van der Waals surface area contributed by atoms with Crippen molar-refractivity contribution < 1.29 is 38.4 Å². The van der Waals surface area contributed by atoms with Crippen LogP contribution < -0.4 is 12.3 Å². The molecule has 0 N–H and O–H groups in total. The summed E-state index contributed by atoms with van der Waals surface area (Å²) in [7, 11) is 0. The maximum Gasteiger partial charge on any atom is 3.00 e. The Labute approximate surface area is 53.0 Å². The molecule has 0 atom stereocenters. The van der Waals surface area contributed by atoms with E-state index in [4.69, 9.17) is 16.0 Å². The molecule has 0 fully saturated rings. The van der Waals surface area contributed by atoms with Crippen molar-refractivity contribution in [2.24, 2.45) is 0 Å². The molecule has 0 aliphatic heterocycles. The van der Waals surface area contributed by atoms with E-state index in [1.807, 2.05) is 0 Å². The van der Waals surface area contributed by atoms with Gasteiger partial charge in [0.1, 0.15) is 0 Å². The Morgan fingerprint density at radius 1 is 1.17 bits per heavy atom. The molecule has 0 radical (unpaired) electrons. The predicted molar refractivity (Wildman–Crippen MR) is 6.44 cm³/mol. The quantitative estimate of drug-likeness (QED) is 0.397. The molecule has 6 heavy (non-hydrogen) atoms. The molecule has 0 aromatic heterocycles. The molecule has 0 aliphatic rings. The van der Waals surface area contributed by atoms with Crippen molar-refractivity contribution in [2.75, 3.05) is 0 Å². The third kappa shape index (κ3) is 82.3. The van der Waals surface area contributed by atoms with E-state index in [1.165, 1.54) is 0 Å². The Hall–Kier alpha value is 0.979. The van der Waals surface area contributed by atoms with E-state index in [-0.39, 0.29) is 22.4 Å². The molecule has 4 nitrogen and oxygen atoms in total.